The van der Waals surface area contributed by atoms with Crippen LogP contribution in [0.4, 0.5) is 0 Å². The summed E-state index contributed by atoms with van der Waals surface area (Å²) >= 11 is 0. The van der Waals surface area contributed by atoms with Gasteiger partial charge in [0.05, 0.1) is 18.8 Å². The minimum Gasteiger partial charge on any atom is -0.465 e. The fourth-order valence-electron chi connectivity index (χ4n) is 13.4. The summed E-state index contributed by atoms with van der Waals surface area (Å²) in [6.45, 7) is 21.9. The lowest BCUT2D eigenvalue weighted by molar-refractivity contribution is -0.227. The number of hydrogen-bond acceptors (Lipinski definition) is 6. The zero-order valence-corrected chi connectivity index (χ0v) is 33.1. The number of likely N-dealkylation sites (N-methyl/N-ethyl adjacent to an activating group) is 1. The third-order valence-corrected chi connectivity index (χ3v) is 16.1. The number of fused-ring (bicyclic) bond motifs is 7. The molecule has 8 atom stereocenters. The Labute approximate surface area is 302 Å². The highest BCUT2D eigenvalue weighted by Crippen LogP contribution is 2.80. The molecule has 0 spiro atoms. The number of carbonyl (C=O) groups excluding carboxylic acids is 2. The Kier molecular flexibility index (Phi) is 9.51. The second kappa shape index (κ2) is 12.7. The number of rotatable bonds is 9. The molecule has 1 unspecified atom stereocenters. The van der Waals surface area contributed by atoms with E-state index in [-0.39, 0.29) is 44.7 Å². The van der Waals surface area contributed by atoms with Crippen molar-refractivity contribution >= 4 is 17.3 Å². The summed E-state index contributed by atoms with van der Waals surface area (Å²) in [5.74, 6) is 1.24. The Morgan fingerprint density at radius 2 is 1.64 bits per heavy atom. The third kappa shape index (κ3) is 5.19. The molecule has 2 N–H and O–H groups in total. The molecule has 6 nitrogen and oxygen atoms in total. The average Bonchev–Trinajstić information content (AvgIpc) is 3.38. The Balaban J connectivity index is 1.36. The maximum absolute atomic E-state index is 14.1. The highest BCUT2D eigenvalue weighted by molar-refractivity contribution is 6.01. The first-order valence-corrected chi connectivity index (χ1v) is 19.6. The van der Waals surface area contributed by atoms with E-state index in [2.05, 4.69) is 97.9 Å². The predicted octanol–water partition coefficient (Wildman–Crippen LogP) is 8.35. The van der Waals surface area contributed by atoms with Gasteiger partial charge in [-0.05, 0) is 138 Å². The van der Waals surface area contributed by atoms with Gasteiger partial charge in [-0.3, -0.25) is 4.79 Å². The van der Waals surface area contributed by atoms with Crippen LogP contribution < -0.4 is 5.32 Å². The lowest BCUT2D eigenvalue weighted by atomic mass is 9.30. The van der Waals surface area contributed by atoms with E-state index in [1.165, 1.54) is 36.7 Å². The summed E-state index contributed by atoms with van der Waals surface area (Å²) in [5, 5.41) is 15.7. The Morgan fingerprint density at radius 1 is 0.980 bits per heavy atom. The van der Waals surface area contributed by atoms with Crippen LogP contribution in [-0.4, -0.2) is 68.7 Å². The van der Waals surface area contributed by atoms with E-state index in [4.69, 9.17) is 4.74 Å². The number of nitrogens with zero attached hydrogens (tertiary/aromatic N) is 1. The zero-order valence-electron chi connectivity index (χ0n) is 33.1. The molecule has 0 heterocycles. The van der Waals surface area contributed by atoms with Crippen molar-refractivity contribution in [2.24, 2.45) is 50.2 Å². The first-order valence-electron chi connectivity index (χ1n) is 19.6. The molecule has 6 rings (SSSR count). The van der Waals surface area contributed by atoms with E-state index >= 15 is 0 Å². The van der Waals surface area contributed by atoms with Crippen LogP contribution in [-0.2, 0) is 9.53 Å². The predicted molar refractivity (Wildman–Crippen MR) is 203 cm³/mol. The van der Waals surface area contributed by atoms with Crippen molar-refractivity contribution in [1.29, 1.82) is 0 Å². The molecule has 1 aromatic carbocycles. The van der Waals surface area contributed by atoms with Crippen LogP contribution in [0, 0.1) is 50.2 Å². The fraction of sp³-hybridized carbons (Fsp3) is 0.727. The molecule has 3 saturated carbocycles. The van der Waals surface area contributed by atoms with Gasteiger partial charge in [0, 0.05) is 31.5 Å². The maximum Gasteiger partial charge on any atom is 0.337 e. The molecule has 0 bridgehead atoms. The molecular weight excluding hydrogens is 620 g/mol. The van der Waals surface area contributed by atoms with Crippen LogP contribution in [0.2, 0.25) is 0 Å². The number of aliphatic hydroxyl groups excluding tert-OH is 1. The monoisotopic (exact) mass is 687 g/mol. The SMILES string of the molecule is COC(=O)c1ccc(C2=CC[C@]3(C)[C@H]4CC[C@]5(C)C6=C(C(C)C)C(=O)C[C@]6(C(O)CNCCN(C)C)CC[C@@]5(C)[C@]4(C)CC[C@H]3C2(C)C)cc1. The molecule has 0 aromatic heterocycles. The first-order chi connectivity index (χ1) is 23.3. The van der Waals surface area contributed by atoms with Crippen LogP contribution in [0.5, 0.6) is 0 Å². The zero-order chi connectivity index (χ0) is 36.7. The van der Waals surface area contributed by atoms with E-state index < -0.39 is 11.5 Å². The number of hydrogen-bond donors (Lipinski definition) is 2. The lowest BCUT2D eigenvalue weighted by Gasteiger charge is -2.74. The molecule has 276 valence electrons. The van der Waals surface area contributed by atoms with Crippen LogP contribution >= 0.6 is 0 Å². The molecule has 1 aromatic rings. The van der Waals surface area contributed by atoms with Crippen LogP contribution in [0.15, 0.2) is 41.5 Å². The molecule has 5 aliphatic rings. The first kappa shape index (κ1) is 37.5. The minimum absolute atomic E-state index is 0.0103. The number of benzene rings is 1. The number of esters is 1. The number of Topliss-reactive ketones (excluding diaryl/α,β-unsaturated/α-hetero) is 1. The van der Waals surface area contributed by atoms with Gasteiger partial charge in [-0.15, -0.1) is 0 Å². The van der Waals surface area contributed by atoms with Crippen LogP contribution in [0.25, 0.3) is 5.57 Å². The number of nitrogens with one attached hydrogen (secondary N) is 1. The normalized spacial score (nSPS) is 38.3. The summed E-state index contributed by atoms with van der Waals surface area (Å²) in [6, 6.07) is 8.01. The Morgan fingerprint density at radius 3 is 2.26 bits per heavy atom. The van der Waals surface area contributed by atoms with Gasteiger partial charge in [-0.25, -0.2) is 4.79 Å². The maximum atomic E-state index is 14.1. The van der Waals surface area contributed by atoms with Gasteiger partial charge in [-0.2, -0.15) is 0 Å². The van der Waals surface area contributed by atoms with Crippen molar-refractivity contribution in [2.45, 2.75) is 113 Å². The van der Waals surface area contributed by atoms with Crippen molar-refractivity contribution in [2.75, 3.05) is 40.8 Å². The van der Waals surface area contributed by atoms with Crippen LogP contribution in [0.3, 0.4) is 0 Å². The fourth-order valence-corrected chi connectivity index (χ4v) is 13.4. The molecule has 0 amide bonds. The highest BCUT2D eigenvalue weighted by atomic mass is 16.5. The molecule has 5 aliphatic carbocycles. The van der Waals surface area contributed by atoms with Gasteiger partial charge in [0.2, 0.25) is 0 Å². The van der Waals surface area contributed by atoms with Crippen molar-refractivity contribution in [1.82, 2.24) is 10.2 Å². The summed E-state index contributed by atoms with van der Waals surface area (Å²) in [4.78, 5) is 28.4. The number of ether oxygens (including phenoxy) is 1. The summed E-state index contributed by atoms with van der Waals surface area (Å²) in [5.41, 5.74) is 5.21. The van der Waals surface area contributed by atoms with Crippen molar-refractivity contribution in [3.63, 3.8) is 0 Å². The number of carbonyl (C=O) groups is 2. The molecule has 0 radical (unpaired) electrons. The average molecular weight is 687 g/mol. The van der Waals surface area contributed by atoms with E-state index in [1.807, 2.05) is 12.1 Å². The number of allylic oxidation sites excluding steroid dienone is 3. The Hall–Kier alpha value is -2.28. The van der Waals surface area contributed by atoms with E-state index in [9.17, 15) is 14.7 Å². The third-order valence-electron chi connectivity index (χ3n) is 16.1. The minimum atomic E-state index is -0.579. The van der Waals surface area contributed by atoms with Gasteiger partial charge < -0.3 is 20.1 Å². The lowest BCUT2D eigenvalue weighted by Crippen LogP contribution is -2.67. The summed E-state index contributed by atoms with van der Waals surface area (Å²) < 4.78 is 4.96. The second-order valence-corrected chi connectivity index (χ2v) is 19.1. The Bertz CT molecular complexity index is 1570. The molecule has 0 saturated heterocycles. The topological polar surface area (TPSA) is 78.9 Å². The van der Waals surface area contributed by atoms with Gasteiger partial charge in [0.15, 0.2) is 5.78 Å². The van der Waals surface area contributed by atoms with Gasteiger partial charge in [0.25, 0.3) is 0 Å². The smallest absolute Gasteiger partial charge is 0.337 e. The van der Waals surface area contributed by atoms with E-state index in [1.54, 1.807) is 0 Å². The van der Waals surface area contributed by atoms with E-state index in [0.717, 1.165) is 50.8 Å². The van der Waals surface area contributed by atoms with Gasteiger partial charge in [0.1, 0.15) is 0 Å². The molecule has 50 heavy (non-hydrogen) atoms. The van der Waals surface area contributed by atoms with Crippen molar-refractivity contribution in [3.05, 3.63) is 52.6 Å². The van der Waals surface area contributed by atoms with Crippen molar-refractivity contribution < 1.29 is 19.4 Å². The largest absolute Gasteiger partial charge is 0.465 e. The molecule has 3 fully saturated rings. The van der Waals surface area contributed by atoms with Crippen molar-refractivity contribution in [3.8, 4) is 0 Å². The number of methoxy groups -OCH3 is 1. The molecular formula is C44H66N2O4. The van der Waals surface area contributed by atoms with Gasteiger partial charge >= 0.3 is 5.97 Å². The van der Waals surface area contributed by atoms with Gasteiger partial charge in [-0.1, -0.05) is 73.6 Å². The summed E-state index contributed by atoms with van der Waals surface area (Å²) in [6.07, 6.45) is 9.98. The molecule has 6 heteroatoms. The number of aliphatic hydroxyl groups is 1. The molecule has 0 aliphatic heterocycles. The van der Waals surface area contributed by atoms with Crippen LogP contribution in [0.1, 0.15) is 123 Å². The summed E-state index contributed by atoms with van der Waals surface area (Å²) in [7, 11) is 5.58. The van der Waals surface area contributed by atoms with E-state index in [0.29, 0.717) is 30.4 Å². The highest BCUT2D eigenvalue weighted by Gasteiger charge is 2.73. The standard InChI is InChI=1S/C44H66N2O4/c1-28(2)36-32(47)26-44(35(48)27-45-24-25-46(9)10)23-22-43(8)41(6)20-17-33-39(3,4)31(29-12-14-30(15-13-29)38(49)50-11)16-19-40(33,5)34(41)18-21-42(43,7)37(36)44/h12-16,28,33-35,45,48H,17-27H2,1-11H3/t33-,34+,35?,40-,41+,42+,43-,44-/m0/s1. The number of ketones is 1. The quantitative estimate of drug-likeness (QED) is 0.201. The second-order valence-electron chi connectivity index (χ2n) is 19.1.